The van der Waals surface area contributed by atoms with Crippen molar-refractivity contribution in [2.24, 2.45) is 5.92 Å². The molecule has 3 aromatic rings. The van der Waals surface area contributed by atoms with Crippen LogP contribution in [0.1, 0.15) is 33.3 Å². The average Bonchev–Trinajstić information content (AvgIpc) is 3.47. The van der Waals surface area contributed by atoms with Crippen molar-refractivity contribution < 1.29 is 27.2 Å². The fourth-order valence-electron chi connectivity index (χ4n) is 6.20. The predicted molar refractivity (Wildman–Crippen MR) is 144 cm³/mol. The van der Waals surface area contributed by atoms with E-state index in [-0.39, 0.29) is 12.2 Å². The molecule has 38 heavy (non-hydrogen) atoms. The highest BCUT2D eigenvalue weighted by Crippen LogP contribution is 2.49. The molecule has 0 unspecified atom stereocenters. The third kappa shape index (κ3) is 4.42. The molecule has 5 rings (SSSR count). The van der Waals surface area contributed by atoms with Crippen LogP contribution in [-0.4, -0.2) is 39.7 Å². The zero-order valence-electron chi connectivity index (χ0n) is 22.1. The van der Waals surface area contributed by atoms with Crippen molar-refractivity contribution in [1.82, 2.24) is 5.48 Å². The summed E-state index contributed by atoms with van der Waals surface area (Å²) in [5.41, 5.74) is 1.93. The molecule has 1 N–H and O–H groups in total. The second-order valence-corrected chi connectivity index (χ2v) is 15.7. The Kier molecular flexibility index (Phi) is 7.07. The van der Waals surface area contributed by atoms with Gasteiger partial charge in [-0.3, -0.25) is 4.84 Å². The number of halogens is 3. The third-order valence-corrected chi connectivity index (χ3v) is 13.0. The quantitative estimate of drug-likeness (QED) is 0.419. The van der Waals surface area contributed by atoms with E-state index < -0.39 is 55.4 Å². The zero-order chi connectivity index (χ0) is 27.2. The molecule has 8 heteroatoms. The summed E-state index contributed by atoms with van der Waals surface area (Å²) in [5.74, 6) is -4.67. The Hall–Kier alpha value is -2.49. The first-order valence-corrected chi connectivity index (χ1v) is 14.8. The number of rotatable bonds is 7. The van der Waals surface area contributed by atoms with E-state index >= 15 is 8.78 Å². The molecule has 0 bridgehead atoms. The Morgan fingerprint density at radius 2 is 1.47 bits per heavy atom. The number of hydrogen-bond donors (Lipinski definition) is 1. The molecule has 4 atom stereocenters. The summed E-state index contributed by atoms with van der Waals surface area (Å²) in [5, 5.41) is 1.38. The molecular formula is C30H34F3NO3Si. The number of nitrogens with one attached hydrogen (secondary N) is 1. The predicted octanol–water partition coefficient (Wildman–Crippen LogP) is 5.17. The van der Waals surface area contributed by atoms with Gasteiger partial charge >= 0.3 is 0 Å². The maximum Gasteiger partial charge on any atom is 0.295 e. The van der Waals surface area contributed by atoms with E-state index in [4.69, 9.17) is 14.0 Å². The maximum atomic E-state index is 16.3. The smallest absolute Gasteiger partial charge is 0.295 e. The zero-order valence-corrected chi connectivity index (χ0v) is 23.1. The first kappa shape index (κ1) is 27.1. The molecule has 2 aliphatic rings. The van der Waals surface area contributed by atoms with Crippen LogP contribution >= 0.6 is 0 Å². The molecule has 4 nitrogen and oxygen atoms in total. The van der Waals surface area contributed by atoms with Gasteiger partial charge in [0, 0.05) is 11.5 Å². The van der Waals surface area contributed by atoms with Gasteiger partial charge in [-0.05, 0) is 28.4 Å². The summed E-state index contributed by atoms with van der Waals surface area (Å²) in [6, 6.07) is 25.5. The summed E-state index contributed by atoms with van der Waals surface area (Å²) in [6.07, 6.45) is -2.16. The minimum Gasteiger partial charge on any atom is -0.401 e. The molecule has 0 spiro atoms. The van der Waals surface area contributed by atoms with Gasteiger partial charge in [0.05, 0.1) is 12.1 Å². The highest BCUT2D eigenvalue weighted by molar-refractivity contribution is 6.99. The number of alkyl halides is 2. The van der Waals surface area contributed by atoms with E-state index in [0.29, 0.717) is 0 Å². The Labute approximate surface area is 223 Å². The lowest BCUT2D eigenvalue weighted by Gasteiger charge is -2.44. The molecule has 0 saturated carbocycles. The lowest BCUT2D eigenvalue weighted by atomic mass is 9.75. The lowest BCUT2D eigenvalue weighted by Crippen LogP contribution is -2.68. The van der Waals surface area contributed by atoms with Gasteiger partial charge < -0.3 is 9.16 Å². The van der Waals surface area contributed by atoms with Gasteiger partial charge in [0.25, 0.3) is 14.2 Å². The second-order valence-electron chi connectivity index (χ2n) is 11.4. The second kappa shape index (κ2) is 9.92. The summed E-state index contributed by atoms with van der Waals surface area (Å²) in [6.45, 7) is 6.98. The van der Waals surface area contributed by atoms with Gasteiger partial charge in [-0.25, -0.2) is 13.2 Å². The van der Waals surface area contributed by atoms with Crippen LogP contribution in [0.5, 0.6) is 0 Å². The van der Waals surface area contributed by atoms with Crippen LogP contribution < -0.4 is 15.9 Å². The molecule has 2 saturated heterocycles. The van der Waals surface area contributed by atoms with Crippen LogP contribution in [0.2, 0.25) is 5.04 Å². The van der Waals surface area contributed by atoms with Gasteiger partial charge in [-0.2, -0.15) is 5.48 Å². The minimum atomic E-state index is -3.37. The standard InChI is InChI=1S/C30H34F3NO3Si/c1-28(2,3)38(21-13-7-5-8-14-21,22-15-9-6-10-16-22)36-20-30(32,33)27-26-25(19-35-27)37-34-29(26,4)23-17-11-12-18-24(23)31/h5-18,25-27,34H,19-20H2,1-4H3/t25-,26-,27-,29-/m1/s1. The van der Waals surface area contributed by atoms with Gasteiger partial charge in [0.1, 0.15) is 24.6 Å². The molecule has 0 amide bonds. The minimum absolute atomic E-state index is 0.0127. The van der Waals surface area contributed by atoms with Crippen LogP contribution in [-0.2, 0) is 19.5 Å². The van der Waals surface area contributed by atoms with Gasteiger partial charge in [0.2, 0.25) is 0 Å². The van der Waals surface area contributed by atoms with Crippen molar-refractivity contribution >= 4 is 18.7 Å². The van der Waals surface area contributed by atoms with Crippen molar-refractivity contribution in [2.75, 3.05) is 13.2 Å². The Morgan fingerprint density at radius 3 is 2.03 bits per heavy atom. The Morgan fingerprint density at radius 1 is 0.921 bits per heavy atom. The number of hydroxylamine groups is 1. The van der Waals surface area contributed by atoms with Crippen molar-refractivity contribution in [2.45, 2.75) is 56.4 Å². The Bertz CT molecular complexity index is 1210. The molecule has 2 heterocycles. The third-order valence-electron chi connectivity index (χ3n) is 8.00. The van der Waals surface area contributed by atoms with Gasteiger partial charge in [-0.15, -0.1) is 0 Å². The molecule has 3 aromatic carbocycles. The van der Waals surface area contributed by atoms with E-state index in [1.807, 2.05) is 81.4 Å². The SMILES string of the molecule is CC(C)(C)[Si](OCC(F)(F)[C@@H]1OC[C@H]2ON[C@](C)(c3ccccc3F)[C@@H]12)(c1ccccc1)c1ccccc1. The van der Waals surface area contributed by atoms with Crippen molar-refractivity contribution in [3.63, 3.8) is 0 Å². The van der Waals surface area contributed by atoms with E-state index in [9.17, 15) is 4.39 Å². The summed E-state index contributed by atoms with van der Waals surface area (Å²) in [4.78, 5) is 5.66. The van der Waals surface area contributed by atoms with Crippen LogP contribution in [0.25, 0.3) is 0 Å². The molecular weight excluding hydrogens is 507 g/mol. The topological polar surface area (TPSA) is 39.7 Å². The number of benzene rings is 3. The first-order valence-electron chi connectivity index (χ1n) is 12.9. The molecule has 0 aromatic heterocycles. The summed E-state index contributed by atoms with van der Waals surface area (Å²) >= 11 is 0. The maximum absolute atomic E-state index is 16.3. The van der Waals surface area contributed by atoms with Crippen molar-refractivity contribution in [3.05, 3.63) is 96.3 Å². The van der Waals surface area contributed by atoms with Crippen LogP contribution in [0, 0.1) is 11.7 Å². The molecule has 2 aliphatic heterocycles. The van der Waals surface area contributed by atoms with Crippen LogP contribution in [0.3, 0.4) is 0 Å². The number of fused-ring (bicyclic) bond motifs is 1. The largest absolute Gasteiger partial charge is 0.401 e. The van der Waals surface area contributed by atoms with Crippen LogP contribution in [0.15, 0.2) is 84.9 Å². The Balaban J connectivity index is 1.51. The highest BCUT2D eigenvalue weighted by Gasteiger charge is 2.64. The monoisotopic (exact) mass is 541 g/mol. The fraction of sp³-hybridized carbons (Fsp3) is 0.400. The van der Waals surface area contributed by atoms with Crippen LogP contribution in [0.4, 0.5) is 13.2 Å². The first-order chi connectivity index (χ1) is 18.0. The normalized spacial score (nSPS) is 25.9. The van der Waals surface area contributed by atoms with E-state index in [0.717, 1.165) is 10.4 Å². The summed E-state index contributed by atoms with van der Waals surface area (Å²) in [7, 11) is -3.19. The molecule has 0 aliphatic carbocycles. The van der Waals surface area contributed by atoms with Gasteiger partial charge in [0.15, 0.2) is 0 Å². The summed E-state index contributed by atoms with van der Waals surface area (Å²) < 4.78 is 59.6. The average molecular weight is 542 g/mol. The van der Waals surface area contributed by atoms with E-state index in [1.165, 1.54) is 6.07 Å². The molecule has 202 valence electrons. The molecule has 0 radical (unpaired) electrons. The van der Waals surface area contributed by atoms with E-state index in [2.05, 4.69) is 5.48 Å². The number of ether oxygens (including phenoxy) is 1. The van der Waals surface area contributed by atoms with E-state index in [1.54, 1.807) is 25.1 Å². The van der Waals surface area contributed by atoms with Gasteiger partial charge in [-0.1, -0.05) is 99.6 Å². The fourth-order valence-corrected chi connectivity index (χ4v) is 10.8. The van der Waals surface area contributed by atoms with Crippen molar-refractivity contribution in [3.8, 4) is 0 Å². The lowest BCUT2D eigenvalue weighted by molar-refractivity contribution is -0.159. The number of hydrogen-bond acceptors (Lipinski definition) is 4. The highest BCUT2D eigenvalue weighted by atomic mass is 28.4. The molecule has 2 fully saturated rings. The van der Waals surface area contributed by atoms with Crippen molar-refractivity contribution in [1.29, 1.82) is 0 Å².